The predicted molar refractivity (Wildman–Crippen MR) is 232 cm³/mol. The fourth-order valence-electron chi connectivity index (χ4n) is 6.51. The van der Waals surface area contributed by atoms with Crippen molar-refractivity contribution >= 4 is 48.2 Å². The normalized spacial score (nSPS) is 15.8. The molecular weight excluding hydrogens is 801 g/mol. The van der Waals surface area contributed by atoms with Gasteiger partial charge in [-0.3, -0.25) is 30.0 Å². The minimum Gasteiger partial charge on any atom is -0.449 e. The van der Waals surface area contributed by atoms with E-state index in [0.717, 1.165) is 22.3 Å². The molecule has 2 aromatic carbocycles. The van der Waals surface area contributed by atoms with Crippen molar-refractivity contribution in [2.45, 2.75) is 129 Å². The van der Waals surface area contributed by atoms with E-state index in [1.165, 1.54) is 18.0 Å². The predicted octanol–water partition coefficient (Wildman–Crippen LogP) is 5.10. The average molecular weight is 863 g/mol. The Kier molecular flexibility index (Phi) is 16.6. The van der Waals surface area contributed by atoms with Crippen LogP contribution in [0.15, 0.2) is 58.6 Å². The van der Waals surface area contributed by atoms with Gasteiger partial charge in [-0.15, -0.1) is 0 Å². The highest BCUT2D eigenvalue weighted by Crippen LogP contribution is 2.44. The van der Waals surface area contributed by atoms with E-state index in [-0.39, 0.29) is 44.6 Å². The van der Waals surface area contributed by atoms with Crippen LogP contribution in [0, 0.1) is 0 Å². The third kappa shape index (κ3) is 15.5. The van der Waals surface area contributed by atoms with Gasteiger partial charge in [0.05, 0.1) is 18.2 Å². The Balaban J connectivity index is 1.41. The van der Waals surface area contributed by atoms with Crippen LogP contribution in [0.1, 0.15) is 106 Å². The Hall–Kier alpha value is -6.04. The number of fused-ring (bicyclic) bond motifs is 3. The van der Waals surface area contributed by atoms with E-state index in [9.17, 15) is 28.8 Å². The number of aliphatic imine (C=N–C) groups is 1. The number of nitrogens with zero attached hydrogens (tertiary/aromatic N) is 3. The van der Waals surface area contributed by atoms with Crippen molar-refractivity contribution in [3.8, 4) is 11.1 Å². The Morgan fingerprint density at radius 1 is 0.790 bits per heavy atom. The molecule has 1 saturated heterocycles. The Morgan fingerprint density at radius 3 is 1.85 bits per heavy atom. The Morgan fingerprint density at radius 2 is 1.35 bits per heavy atom. The number of nitrogens with one attached hydrogen (secondary N) is 5. The molecule has 18 heteroatoms. The molecule has 0 radical (unpaired) electrons. The lowest BCUT2D eigenvalue weighted by molar-refractivity contribution is -0.151. The number of hydrazone groups is 1. The van der Waals surface area contributed by atoms with E-state index in [4.69, 9.17) is 18.9 Å². The first-order valence-corrected chi connectivity index (χ1v) is 20.7. The van der Waals surface area contributed by atoms with Crippen LogP contribution >= 0.6 is 0 Å². The molecule has 0 bridgehead atoms. The third-order valence-electron chi connectivity index (χ3n) is 9.21. The van der Waals surface area contributed by atoms with Gasteiger partial charge in [-0.05, 0) is 104 Å². The van der Waals surface area contributed by atoms with E-state index in [2.05, 4.69) is 36.8 Å². The lowest BCUT2D eigenvalue weighted by Crippen LogP contribution is -2.64. The number of benzene rings is 2. The molecule has 1 aliphatic carbocycles. The highest BCUT2D eigenvalue weighted by molar-refractivity contribution is 6.01. The molecular formula is C44H62N8O10. The van der Waals surface area contributed by atoms with Crippen molar-refractivity contribution in [1.29, 1.82) is 0 Å². The molecule has 0 unspecified atom stereocenters. The van der Waals surface area contributed by atoms with Gasteiger partial charge in [-0.1, -0.05) is 48.5 Å². The van der Waals surface area contributed by atoms with Crippen molar-refractivity contribution in [2.24, 2.45) is 10.1 Å². The Labute approximate surface area is 363 Å². The largest absolute Gasteiger partial charge is 0.449 e. The Bertz CT molecular complexity index is 1920. The summed E-state index contributed by atoms with van der Waals surface area (Å²) < 4.78 is 22.3. The van der Waals surface area contributed by atoms with Crippen LogP contribution in [0.25, 0.3) is 11.1 Å². The van der Waals surface area contributed by atoms with Crippen LogP contribution in [-0.4, -0.2) is 114 Å². The molecule has 1 aliphatic heterocycles. The minimum absolute atomic E-state index is 0.0458. The second-order valence-electron chi connectivity index (χ2n) is 18.0. The van der Waals surface area contributed by atoms with Crippen LogP contribution < -0.4 is 26.7 Å². The maximum Gasteiger partial charge on any atom is 0.414 e. The number of alkyl carbamates (subject to hydrolysis) is 3. The summed E-state index contributed by atoms with van der Waals surface area (Å²) >= 11 is 0. The molecule has 2 aliphatic rings. The summed E-state index contributed by atoms with van der Waals surface area (Å²) in [5.41, 5.74) is 4.29. The van der Waals surface area contributed by atoms with Gasteiger partial charge in [0.1, 0.15) is 29.9 Å². The van der Waals surface area contributed by atoms with Crippen molar-refractivity contribution in [1.82, 2.24) is 31.6 Å². The van der Waals surface area contributed by atoms with Crippen molar-refractivity contribution in [3.63, 3.8) is 0 Å². The molecule has 6 amide bonds. The third-order valence-corrected chi connectivity index (χ3v) is 9.21. The number of hydrogen-bond acceptors (Lipinski definition) is 12. The minimum atomic E-state index is -1.16. The first kappa shape index (κ1) is 48.6. The molecule has 0 spiro atoms. The summed E-state index contributed by atoms with van der Waals surface area (Å²) in [6.07, 6.45) is -0.240. The number of ether oxygens (including phenoxy) is 4. The van der Waals surface area contributed by atoms with Crippen LogP contribution in [0.5, 0.6) is 0 Å². The molecule has 1 heterocycles. The van der Waals surface area contributed by atoms with E-state index < -0.39 is 70.9 Å². The SMILES string of the molecule is CC(=O)N/N=C\[C@H](CCCN=C(NC(=O)OC(C)(C)C)NC(=O)OC(C)(C)C)NC(=O)[C@@H]1CCN1C(=O)[C@@H](COC(C)(C)C)NC(=O)OCC1c2ccccc2-c2ccccc21. The second kappa shape index (κ2) is 21.2. The summed E-state index contributed by atoms with van der Waals surface area (Å²) in [4.78, 5) is 83.3. The first-order chi connectivity index (χ1) is 29.0. The number of rotatable bonds is 14. The summed E-state index contributed by atoms with van der Waals surface area (Å²) in [6, 6.07) is 13.2. The smallest absolute Gasteiger partial charge is 0.414 e. The molecule has 18 nitrogen and oxygen atoms in total. The van der Waals surface area contributed by atoms with E-state index in [1.807, 2.05) is 69.3 Å². The van der Waals surface area contributed by atoms with Crippen molar-refractivity contribution in [2.75, 3.05) is 26.3 Å². The van der Waals surface area contributed by atoms with E-state index in [1.54, 1.807) is 41.5 Å². The molecule has 1 fully saturated rings. The van der Waals surface area contributed by atoms with E-state index in [0.29, 0.717) is 12.8 Å². The lowest BCUT2D eigenvalue weighted by Gasteiger charge is -2.42. The number of carbonyl (C=O) groups is 6. The zero-order valence-electron chi connectivity index (χ0n) is 37.4. The first-order valence-electron chi connectivity index (χ1n) is 20.7. The lowest BCUT2D eigenvalue weighted by atomic mass is 9.98. The quantitative estimate of drug-likeness (QED) is 0.0555. The fourth-order valence-corrected chi connectivity index (χ4v) is 6.51. The van der Waals surface area contributed by atoms with Gasteiger partial charge in [0.2, 0.25) is 23.7 Å². The topological polar surface area (TPSA) is 227 Å². The van der Waals surface area contributed by atoms with Crippen molar-refractivity contribution in [3.05, 3.63) is 59.7 Å². The van der Waals surface area contributed by atoms with Gasteiger partial charge >= 0.3 is 18.3 Å². The summed E-state index contributed by atoms with van der Waals surface area (Å²) in [5.74, 6) is -1.82. The molecule has 0 aromatic heterocycles. The highest BCUT2D eigenvalue weighted by atomic mass is 16.6. The van der Waals surface area contributed by atoms with E-state index >= 15 is 0 Å². The molecule has 338 valence electrons. The number of amides is 6. The molecule has 2 aromatic rings. The molecule has 0 saturated carbocycles. The van der Waals surface area contributed by atoms with Gasteiger partial charge in [-0.2, -0.15) is 5.10 Å². The zero-order chi connectivity index (χ0) is 45.8. The number of carbonyl (C=O) groups excluding carboxylic acids is 6. The van der Waals surface area contributed by atoms with Crippen molar-refractivity contribution < 1.29 is 47.7 Å². The zero-order valence-corrected chi connectivity index (χ0v) is 37.4. The van der Waals surface area contributed by atoms with Gasteiger partial charge in [0.25, 0.3) is 0 Å². The monoisotopic (exact) mass is 862 g/mol. The molecule has 62 heavy (non-hydrogen) atoms. The number of hydrogen-bond donors (Lipinski definition) is 5. The van der Waals surface area contributed by atoms with Gasteiger partial charge in [-0.25, -0.2) is 19.8 Å². The molecule has 5 N–H and O–H groups in total. The van der Waals surface area contributed by atoms with Gasteiger partial charge in [0, 0.05) is 32.1 Å². The highest BCUT2D eigenvalue weighted by Gasteiger charge is 2.42. The average Bonchev–Trinajstić information content (AvgIpc) is 3.44. The van der Waals surface area contributed by atoms with Gasteiger partial charge in [0.15, 0.2) is 0 Å². The maximum absolute atomic E-state index is 14.0. The molecule has 4 rings (SSSR count). The van der Waals surface area contributed by atoms with Crippen LogP contribution in [-0.2, 0) is 33.3 Å². The summed E-state index contributed by atoms with van der Waals surface area (Å²) in [6.45, 7) is 17.1. The van der Waals surface area contributed by atoms with Crippen LogP contribution in [0.3, 0.4) is 0 Å². The second-order valence-corrected chi connectivity index (χ2v) is 18.0. The standard InChI is InChI=1S/C44H62N8O10/c1-27(53)51-46-24-28(16-15-22-45-38(49-40(57)61-43(5,6)7)50-41(58)62-44(8,9)10)47-36(54)35-21-23-52(35)37(55)34(26-60-42(2,3)4)48-39(56)59-25-33-31-19-13-11-17-29(31)30-18-12-14-20-32(30)33/h11-14,17-20,24,28,33-35H,15-16,21-23,25-26H2,1-10H3,(H,47,54)(H,48,56)(H,51,53)(H2,45,49,50,57,58)/b46-24-/t28-,34+,35-/m0/s1. The van der Waals surface area contributed by atoms with Crippen LogP contribution in [0.2, 0.25) is 0 Å². The number of guanidine groups is 1. The fraction of sp³-hybridized carbons (Fsp3) is 0.545. The number of likely N-dealkylation sites (tertiary alicyclic amines) is 1. The summed E-state index contributed by atoms with van der Waals surface area (Å²) in [7, 11) is 0. The molecule has 3 atom stereocenters. The van der Waals surface area contributed by atoms with Crippen LogP contribution in [0.4, 0.5) is 14.4 Å². The summed E-state index contributed by atoms with van der Waals surface area (Å²) in [5, 5.41) is 14.3. The van der Waals surface area contributed by atoms with Gasteiger partial charge < -0.3 is 34.5 Å². The maximum atomic E-state index is 14.0.